The highest BCUT2D eigenvalue weighted by atomic mass is 14.9. The van der Waals surface area contributed by atoms with Crippen LogP contribution >= 0.6 is 0 Å². The van der Waals surface area contributed by atoms with Crippen LogP contribution < -0.4 is 0 Å². The van der Waals surface area contributed by atoms with E-state index < -0.39 is 0 Å². The van der Waals surface area contributed by atoms with Gasteiger partial charge in [0.2, 0.25) is 0 Å². The molecule has 0 spiro atoms. The summed E-state index contributed by atoms with van der Waals surface area (Å²) in [5.41, 5.74) is 4.56. The van der Waals surface area contributed by atoms with E-state index in [2.05, 4.69) is 47.4 Å². The molecule has 0 N–H and O–H groups in total. The highest BCUT2D eigenvalue weighted by Gasteiger charge is 2.12. The van der Waals surface area contributed by atoms with E-state index in [0.29, 0.717) is 0 Å². The van der Waals surface area contributed by atoms with E-state index in [1.807, 2.05) is 19.2 Å². The fourth-order valence-corrected chi connectivity index (χ4v) is 2.51. The second-order valence-corrected chi connectivity index (χ2v) is 4.30. The van der Waals surface area contributed by atoms with E-state index in [-0.39, 0.29) is 0 Å². The fourth-order valence-electron chi connectivity index (χ4n) is 2.51. The summed E-state index contributed by atoms with van der Waals surface area (Å²) >= 11 is 0. The lowest BCUT2D eigenvalue weighted by molar-refractivity contribution is 1.01. The molecule has 2 aromatic heterocycles. The molecule has 0 unspecified atom stereocenters. The first kappa shape index (κ1) is 10.1. The topological polar surface area (TPSA) is 17.8 Å². The third-order valence-electron chi connectivity index (χ3n) is 3.40. The van der Waals surface area contributed by atoms with Crippen molar-refractivity contribution in [2.75, 3.05) is 0 Å². The van der Waals surface area contributed by atoms with Crippen molar-refractivity contribution in [1.82, 2.24) is 9.55 Å². The summed E-state index contributed by atoms with van der Waals surface area (Å²) in [5, 5.41) is 2.52. The predicted octanol–water partition coefficient (Wildman–Crippen LogP) is 3.68. The van der Waals surface area contributed by atoms with Gasteiger partial charge in [-0.25, -0.2) is 0 Å². The van der Waals surface area contributed by atoms with Crippen molar-refractivity contribution < 1.29 is 0 Å². The maximum absolute atomic E-state index is 4.44. The van der Waals surface area contributed by atoms with Crippen molar-refractivity contribution in [2.24, 2.45) is 7.05 Å². The molecule has 1 aromatic carbocycles. The highest BCUT2D eigenvalue weighted by Crippen LogP contribution is 2.31. The SMILES string of the molecule is C=Cc1c(C)ncc2c1c1ccccc1n2C. The van der Waals surface area contributed by atoms with Crippen LogP contribution in [0, 0.1) is 6.92 Å². The first-order valence-electron chi connectivity index (χ1n) is 5.69. The standard InChI is InChI=1S/C15H14N2/c1-4-11-10(2)16-9-14-15(11)12-7-5-6-8-13(12)17(14)3/h4-9H,1H2,2-3H3. The normalized spacial score (nSPS) is 11.2. The van der Waals surface area contributed by atoms with Gasteiger partial charge in [-0.1, -0.05) is 30.9 Å². The third kappa shape index (κ3) is 1.24. The molecule has 0 atom stereocenters. The molecule has 0 saturated heterocycles. The number of pyridine rings is 1. The molecule has 0 amide bonds. The van der Waals surface area contributed by atoms with Gasteiger partial charge in [0.15, 0.2) is 0 Å². The minimum atomic E-state index is 1.03. The summed E-state index contributed by atoms with van der Waals surface area (Å²) in [6.07, 6.45) is 3.84. The maximum atomic E-state index is 4.44. The first-order valence-corrected chi connectivity index (χ1v) is 5.69. The Labute approximate surface area is 100 Å². The van der Waals surface area contributed by atoms with Gasteiger partial charge in [-0.3, -0.25) is 4.98 Å². The van der Waals surface area contributed by atoms with E-state index >= 15 is 0 Å². The molecule has 84 valence electrons. The fraction of sp³-hybridized carbons (Fsp3) is 0.133. The Balaban J connectivity index is 2.68. The number of benzene rings is 1. The molecule has 2 heterocycles. The van der Waals surface area contributed by atoms with E-state index in [1.165, 1.54) is 16.3 Å². The summed E-state index contributed by atoms with van der Waals surface area (Å²) in [7, 11) is 2.08. The largest absolute Gasteiger partial charge is 0.342 e. The van der Waals surface area contributed by atoms with Crippen molar-refractivity contribution in [3.63, 3.8) is 0 Å². The van der Waals surface area contributed by atoms with Crippen molar-refractivity contribution >= 4 is 27.9 Å². The molecule has 0 saturated carbocycles. The Morgan fingerprint density at radius 2 is 2.00 bits per heavy atom. The summed E-state index contributed by atoms with van der Waals surface area (Å²) in [6.45, 7) is 5.93. The Morgan fingerprint density at radius 3 is 2.76 bits per heavy atom. The van der Waals surface area contributed by atoms with Crippen LogP contribution in [-0.4, -0.2) is 9.55 Å². The van der Waals surface area contributed by atoms with Crippen LogP contribution in [0.5, 0.6) is 0 Å². The maximum Gasteiger partial charge on any atom is 0.0681 e. The quantitative estimate of drug-likeness (QED) is 0.614. The zero-order chi connectivity index (χ0) is 12.0. The molecular formula is C15H14N2. The van der Waals surface area contributed by atoms with Gasteiger partial charge in [0.05, 0.1) is 11.7 Å². The molecule has 0 fully saturated rings. The monoisotopic (exact) mass is 222 g/mol. The van der Waals surface area contributed by atoms with Crippen LogP contribution in [0.25, 0.3) is 27.9 Å². The van der Waals surface area contributed by atoms with E-state index in [9.17, 15) is 0 Å². The van der Waals surface area contributed by atoms with E-state index in [1.54, 1.807) is 0 Å². The van der Waals surface area contributed by atoms with Gasteiger partial charge < -0.3 is 4.57 Å². The molecule has 17 heavy (non-hydrogen) atoms. The first-order chi connectivity index (χ1) is 8.24. The van der Waals surface area contributed by atoms with Crippen LogP contribution in [0.15, 0.2) is 37.0 Å². The Bertz CT molecular complexity index is 735. The molecule has 0 radical (unpaired) electrons. The van der Waals surface area contributed by atoms with Gasteiger partial charge >= 0.3 is 0 Å². The zero-order valence-electron chi connectivity index (χ0n) is 10.1. The van der Waals surface area contributed by atoms with Crippen molar-refractivity contribution in [1.29, 1.82) is 0 Å². The van der Waals surface area contributed by atoms with E-state index in [0.717, 1.165) is 16.8 Å². The Morgan fingerprint density at radius 1 is 1.24 bits per heavy atom. The third-order valence-corrected chi connectivity index (χ3v) is 3.40. The van der Waals surface area contributed by atoms with Crippen LogP contribution in [0.2, 0.25) is 0 Å². The number of para-hydroxylation sites is 1. The molecule has 0 aliphatic rings. The number of nitrogens with zero attached hydrogens (tertiary/aromatic N) is 2. The molecule has 3 aromatic rings. The van der Waals surface area contributed by atoms with Gasteiger partial charge in [0.25, 0.3) is 0 Å². The minimum absolute atomic E-state index is 1.03. The zero-order valence-corrected chi connectivity index (χ0v) is 10.1. The second-order valence-electron chi connectivity index (χ2n) is 4.30. The number of fused-ring (bicyclic) bond motifs is 3. The summed E-state index contributed by atoms with van der Waals surface area (Å²) < 4.78 is 2.18. The van der Waals surface area contributed by atoms with Gasteiger partial charge in [-0.15, -0.1) is 0 Å². The summed E-state index contributed by atoms with van der Waals surface area (Å²) in [4.78, 5) is 4.44. The van der Waals surface area contributed by atoms with Gasteiger partial charge in [-0.05, 0) is 13.0 Å². The number of rotatable bonds is 1. The second kappa shape index (κ2) is 3.45. The van der Waals surface area contributed by atoms with Gasteiger partial charge in [0, 0.05) is 34.6 Å². The predicted molar refractivity (Wildman–Crippen MR) is 73.0 cm³/mol. The number of aromatic nitrogens is 2. The lowest BCUT2D eigenvalue weighted by Crippen LogP contribution is -1.90. The van der Waals surface area contributed by atoms with Crippen molar-refractivity contribution in [2.45, 2.75) is 6.92 Å². The molecule has 0 bridgehead atoms. The summed E-state index contributed by atoms with van der Waals surface area (Å²) in [6, 6.07) is 8.43. The molecule has 3 rings (SSSR count). The molecule has 2 heteroatoms. The van der Waals surface area contributed by atoms with Crippen molar-refractivity contribution in [3.8, 4) is 0 Å². The van der Waals surface area contributed by atoms with E-state index in [4.69, 9.17) is 0 Å². The molecule has 2 nitrogen and oxygen atoms in total. The molecular weight excluding hydrogens is 208 g/mol. The van der Waals surface area contributed by atoms with Gasteiger partial charge in [-0.2, -0.15) is 0 Å². The average Bonchev–Trinajstić information content (AvgIpc) is 2.64. The number of aryl methyl sites for hydroxylation is 2. The highest BCUT2D eigenvalue weighted by molar-refractivity contribution is 6.11. The Hall–Kier alpha value is -2.09. The van der Waals surface area contributed by atoms with Crippen LogP contribution in [0.4, 0.5) is 0 Å². The minimum Gasteiger partial charge on any atom is -0.342 e. The molecule has 0 aliphatic heterocycles. The lowest BCUT2D eigenvalue weighted by Gasteiger charge is -2.02. The molecule has 0 aliphatic carbocycles. The number of hydrogen-bond donors (Lipinski definition) is 0. The summed E-state index contributed by atoms with van der Waals surface area (Å²) in [5.74, 6) is 0. The van der Waals surface area contributed by atoms with Crippen LogP contribution in [-0.2, 0) is 7.05 Å². The Kier molecular flexibility index (Phi) is 2.05. The number of hydrogen-bond acceptors (Lipinski definition) is 1. The van der Waals surface area contributed by atoms with Crippen molar-refractivity contribution in [3.05, 3.63) is 48.3 Å². The smallest absolute Gasteiger partial charge is 0.0681 e. The van der Waals surface area contributed by atoms with Gasteiger partial charge in [0.1, 0.15) is 0 Å². The van der Waals surface area contributed by atoms with Crippen LogP contribution in [0.3, 0.4) is 0 Å². The van der Waals surface area contributed by atoms with Crippen LogP contribution in [0.1, 0.15) is 11.3 Å². The lowest BCUT2D eigenvalue weighted by atomic mass is 10.1. The average molecular weight is 222 g/mol.